The van der Waals surface area contributed by atoms with E-state index < -0.39 is 6.10 Å². The van der Waals surface area contributed by atoms with E-state index in [4.69, 9.17) is 0 Å². The van der Waals surface area contributed by atoms with E-state index >= 15 is 0 Å². The molecule has 2 aromatic rings. The highest BCUT2D eigenvalue weighted by Crippen LogP contribution is 2.24. The monoisotopic (exact) mass is 282 g/mol. The Morgan fingerprint density at radius 2 is 1.38 bits per heavy atom. The van der Waals surface area contributed by atoms with Crippen LogP contribution in [0.25, 0.3) is 0 Å². The number of aryl methyl sites for hydroxylation is 1. The summed E-state index contributed by atoms with van der Waals surface area (Å²) in [6.07, 6.45) is 1.26. The highest BCUT2D eigenvalue weighted by molar-refractivity contribution is 5.30. The van der Waals surface area contributed by atoms with Crippen molar-refractivity contribution in [3.05, 3.63) is 70.8 Å². The molecule has 1 nitrogen and oxygen atoms in total. The zero-order chi connectivity index (χ0) is 15.5. The summed E-state index contributed by atoms with van der Waals surface area (Å²) in [5, 5.41) is 10.4. The maximum atomic E-state index is 10.4. The van der Waals surface area contributed by atoms with E-state index in [9.17, 15) is 5.11 Å². The third-order valence-electron chi connectivity index (χ3n) is 4.02. The molecule has 0 radical (unpaired) electrons. The molecule has 0 aliphatic heterocycles. The van der Waals surface area contributed by atoms with E-state index in [1.807, 2.05) is 12.1 Å². The molecule has 112 valence electrons. The Balaban J connectivity index is 2.06. The first-order chi connectivity index (χ1) is 9.90. The third kappa shape index (κ3) is 4.18. The van der Waals surface area contributed by atoms with Crippen molar-refractivity contribution in [2.75, 3.05) is 0 Å². The fourth-order valence-corrected chi connectivity index (χ4v) is 2.46. The number of hydrogen-bond acceptors (Lipinski definition) is 1. The molecular weight excluding hydrogens is 256 g/mol. The van der Waals surface area contributed by atoms with E-state index in [0.717, 1.165) is 12.0 Å². The Hall–Kier alpha value is -1.60. The van der Waals surface area contributed by atoms with Crippen LogP contribution in [0.2, 0.25) is 0 Å². The standard InChI is InChI=1S/C20H26O/c1-5-15-6-10-17(11-7-15)19(21)14-16-8-12-18(13-9-16)20(2,3)4/h6-13,19,21H,5,14H2,1-4H3. The van der Waals surface area contributed by atoms with Gasteiger partial charge in [0.1, 0.15) is 0 Å². The molecule has 2 rings (SSSR count). The van der Waals surface area contributed by atoms with E-state index in [0.29, 0.717) is 6.42 Å². The van der Waals surface area contributed by atoms with Crippen molar-refractivity contribution in [3.8, 4) is 0 Å². The normalized spacial score (nSPS) is 13.2. The number of hydrogen-bond donors (Lipinski definition) is 1. The average Bonchev–Trinajstić information content (AvgIpc) is 2.47. The molecule has 0 aliphatic rings. The van der Waals surface area contributed by atoms with E-state index in [-0.39, 0.29) is 5.41 Å². The summed E-state index contributed by atoms with van der Waals surface area (Å²) in [6.45, 7) is 8.78. The van der Waals surface area contributed by atoms with Gasteiger partial charge in [0.2, 0.25) is 0 Å². The maximum absolute atomic E-state index is 10.4. The number of aliphatic hydroxyl groups excluding tert-OH is 1. The molecule has 0 aliphatic carbocycles. The number of rotatable bonds is 4. The molecule has 21 heavy (non-hydrogen) atoms. The van der Waals surface area contributed by atoms with Crippen LogP contribution in [-0.4, -0.2) is 5.11 Å². The molecule has 0 bridgehead atoms. The van der Waals surface area contributed by atoms with E-state index in [1.54, 1.807) is 0 Å². The largest absolute Gasteiger partial charge is 0.388 e. The summed E-state index contributed by atoms with van der Waals surface area (Å²) >= 11 is 0. The SMILES string of the molecule is CCc1ccc(C(O)Cc2ccc(C(C)(C)C)cc2)cc1. The fourth-order valence-electron chi connectivity index (χ4n) is 2.46. The Labute approximate surface area is 128 Å². The quantitative estimate of drug-likeness (QED) is 0.852. The maximum Gasteiger partial charge on any atom is 0.0830 e. The van der Waals surface area contributed by atoms with Crippen LogP contribution in [0.15, 0.2) is 48.5 Å². The van der Waals surface area contributed by atoms with Gasteiger partial charge in [-0.2, -0.15) is 0 Å². The topological polar surface area (TPSA) is 20.2 Å². The Bertz CT molecular complexity index is 558. The molecule has 0 saturated heterocycles. The number of benzene rings is 2. The molecule has 1 heteroatoms. The second-order valence-electron chi connectivity index (χ2n) is 6.76. The lowest BCUT2D eigenvalue weighted by Crippen LogP contribution is -2.11. The Morgan fingerprint density at radius 3 is 1.86 bits per heavy atom. The van der Waals surface area contributed by atoms with E-state index in [2.05, 4.69) is 64.1 Å². The molecule has 1 unspecified atom stereocenters. The van der Waals surface area contributed by atoms with Gasteiger partial charge in [-0.05, 0) is 34.1 Å². The second-order valence-corrected chi connectivity index (χ2v) is 6.76. The van der Waals surface area contributed by atoms with Crippen molar-refractivity contribution in [1.82, 2.24) is 0 Å². The van der Waals surface area contributed by atoms with Crippen molar-refractivity contribution in [2.45, 2.75) is 52.1 Å². The predicted molar refractivity (Wildman–Crippen MR) is 89.6 cm³/mol. The lowest BCUT2D eigenvalue weighted by atomic mass is 9.86. The third-order valence-corrected chi connectivity index (χ3v) is 4.02. The molecule has 2 aromatic carbocycles. The molecule has 1 atom stereocenters. The summed E-state index contributed by atoms with van der Waals surface area (Å²) in [4.78, 5) is 0. The molecule has 1 N–H and O–H groups in total. The molecule has 0 saturated carbocycles. The van der Waals surface area contributed by atoms with Crippen LogP contribution in [0.1, 0.15) is 56.1 Å². The minimum Gasteiger partial charge on any atom is -0.388 e. The van der Waals surface area contributed by atoms with Crippen LogP contribution in [0, 0.1) is 0 Å². The molecular formula is C20H26O. The van der Waals surface area contributed by atoms with Gasteiger partial charge in [-0.25, -0.2) is 0 Å². The second kappa shape index (κ2) is 6.44. The smallest absolute Gasteiger partial charge is 0.0830 e. The highest BCUT2D eigenvalue weighted by Gasteiger charge is 2.14. The lowest BCUT2D eigenvalue weighted by molar-refractivity contribution is 0.178. The molecule has 0 amide bonds. The first-order valence-corrected chi connectivity index (χ1v) is 7.76. The van der Waals surface area contributed by atoms with Gasteiger partial charge in [-0.3, -0.25) is 0 Å². The van der Waals surface area contributed by atoms with Gasteiger partial charge in [0, 0.05) is 6.42 Å². The first-order valence-electron chi connectivity index (χ1n) is 7.76. The minimum atomic E-state index is -0.434. The van der Waals surface area contributed by atoms with Crippen LogP contribution in [0.3, 0.4) is 0 Å². The van der Waals surface area contributed by atoms with Gasteiger partial charge in [0.15, 0.2) is 0 Å². The van der Waals surface area contributed by atoms with Crippen molar-refractivity contribution >= 4 is 0 Å². The highest BCUT2D eigenvalue weighted by atomic mass is 16.3. The van der Waals surface area contributed by atoms with Gasteiger partial charge in [0.05, 0.1) is 6.10 Å². The average molecular weight is 282 g/mol. The van der Waals surface area contributed by atoms with Crippen LogP contribution in [-0.2, 0) is 18.3 Å². The van der Waals surface area contributed by atoms with Gasteiger partial charge >= 0.3 is 0 Å². The summed E-state index contributed by atoms with van der Waals surface area (Å²) in [5.41, 5.74) is 4.98. The first kappa shape index (κ1) is 15.8. The van der Waals surface area contributed by atoms with Gasteiger partial charge in [-0.15, -0.1) is 0 Å². The minimum absolute atomic E-state index is 0.174. The molecule has 0 aromatic heterocycles. The van der Waals surface area contributed by atoms with Gasteiger partial charge in [-0.1, -0.05) is 76.2 Å². The molecule has 0 fully saturated rings. The van der Waals surface area contributed by atoms with Crippen molar-refractivity contribution in [2.24, 2.45) is 0 Å². The van der Waals surface area contributed by atoms with Crippen LogP contribution in [0.5, 0.6) is 0 Å². The lowest BCUT2D eigenvalue weighted by Gasteiger charge is -2.19. The number of aliphatic hydroxyl groups is 1. The zero-order valence-corrected chi connectivity index (χ0v) is 13.6. The summed E-state index contributed by atoms with van der Waals surface area (Å²) < 4.78 is 0. The predicted octanol–water partition coefficient (Wildman–Crippen LogP) is 4.82. The van der Waals surface area contributed by atoms with E-state index in [1.165, 1.54) is 16.7 Å². The Kier molecular flexibility index (Phi) is 4.84. The van der Waals surface area contributed by atoms with Gasteiger partial charge in [0.25, 0.3) is 0 Å². The van der Waals surface area contributed by atoms with Crippen LogP contribution < -0.4 is 0 Å². The van der Waals surface area contributed by atoms with Crippen molar-refractivity contribution < 1.29 is 5.11 Å². The summed E-state index contributed by atoms with van der Waals surface area (Å²) in [7, 11) is 0. The fraction of sp³-hybridized carbons (Fsp3) is 0.400. The Morgan fingerprint density at radius 1 is 0.857 bits per heavy atom. The van der Waals surface area contributed by atoms with Crippen molar-refractivity contribution in [3.63, 3.8) is 0 Å². The van der Waals surface area contributed by atoms with Crippen LogP contribution >= 0.6 is 0 Å². The van der Waals surface area contributed by atoms with Gasteiger partial charge < -0.3 is 5.11 Å². The summed E-state index contributed by atoms with van der Waals surface area (Å²) in [6, 6.07) is 16.9. The van der Waals surface area contributed by atoms with Crippen molar-refractivity contribution in [1.29, 1.82) is 0 Å². The summed E-state index contributed by atoms with van der Waals surface area (Å²) in [5.74, 6) is 0. The molecule has 0 heterocycles. The van der Waals surface area contributed by atoms with Crippen LogP contribution in [0.4, 0.5) is 0 Å². The zero-order valence-electron chi connectivity index (χ0n) is 13.6. The molecule has 0 spiro atoms.